The second kappa shape index (κ2) is 7.22. The van der Waals surface area contributed by atoms with Crippen LogP contribution in [0.2, 0.25) is 0 Å². The summed E-state index contributed by atoms with van der Waals surface area (Å²) in [6.07, 6.45) is 7.43. The molecule has 146 valence electrons. The molecule has 4 rings (SSSR count). The molecule has 1 saturated carbocycles. The molecule has 0 spiro atoms. The largest absolute Gasteiger partial charge is 0.343 e. The van der Waals surface area contributed by atoms with Gasteiger partial charge in [-0.25, -0.2) is 0 Å². The second-order valence-corrected chi connectivity index (χ2v) is 7.57. The second-order valence-electron chi connectivity index (χ2n) is 7.57. The molecule has 2 aliphatic rings. The fourth-order valence-electron chi connectivity index (χ4n) is 4.28. The molecule has 2 aromatic rings. The van der Waals surface area contributed by atoms with Crippen LogP contribution in [0.1, 0.15) is 67.9 Å². The Bertz CT molecular complexity index is 927. The summed E-state index contributed by atoms with van der Waals surface area (Å²) >= 11 is 0. The highest BCUT2D eigenvalue weighted by molar-refractivity contribution is 5.82. The molecule has 1 fully saturated rings. The average molecular weight is 380 g/mol. The van der Waals surface area contributed by atoms with Crippen LogP contribution < -0.4 is 5.32 Å². The number of hydrogen-bond acceptors (Lipinski definition) is 5. The average Bonchev–Trinajstić information content (AvgIpc) is 3.31. The number of nitrogens with one attached hydrogen (secondary N) is 1. The lowest BCUT2D eigenvalue weighted by molar-refractivity contribution is -0.130. The quantitative estimate of drug-likeness (QED) is 0.880. The zero-order valence-corrected chi connectivity index (χ0v) is 16.1. The molecule has 28 heavy (non-hydrogen) atoms. The normalized spacial score (nSPS) is 20.1. The summed E-state index contributed by atoms with van der Waals surface area (Å²) in [5.41, 5.74) is 1.42. The van der Waals surface area contributed by atoms with E-state index in [1.54, 1.807) is 18.0 Å². The van der Waals surface area contributed by atoms with E-state index in [-0.39, 0.29) is 24.3 Å². The first kappa shape index (κ1) is 18.4. The maximum Gasteiger partial charge on any atom is 0.223 e. The van der Waals surface area contributed by atoms with E-state index in [4.69, 9.17) is 4.52 Å². The summed E-state index contributed by atoms with van der Waals surface area (Å²) in [4.78, 5) is 31.2. The molecule has 1 aliphatic heterocycles. The fraction of sp³-hybridized carbons (Fsp3) is 0.429. The van der Waals surface area contributed by atoms with Crippen molar-refractivity contribution in [1.29, 1.82) is 0 Å². The van der Waals surface area contributed by atoms with E-state index in [1.807, 2.05) is 30.3 Å². The Hall–Kier alpha value is -2.96. The van der Waals surface area contributed by atoms with Crippen molar-refractivity contribution in [1.82, 2.24) is 20.4 Å². The Morgan fingerprint density at radius 3 is 2.71 bits per heavy atom. The van der Waals surface area contributed by atoms with E-state index in [2.05, 4.69) is 15.5 Å². The van der Waals surface area contributed by atoms with Gasteiger partial charge in [-0.05, 0) is 30.0 Å². The third kappa shape index (κ3) is 3.32. The van der Waals surface area contributed by atoms with Crippen molar-refractivity contribution in [2.24, 2.45) is 0 Å². The smallest absolute Gasteiger partial charge is 0.223 e. The van der Waals surface area contributed by atoms with Crippen molar-refractivity contribution in [2.75, 3.05) is 0 Å². The maximum absolute atomic E-state index is 13.1. The summed E-state index contributed by atoms with van der Waals surface area (Å²) in [7, 11) is 0. The van der Waals surface area contributed by atoms with Crippen molar-refractivity contribution in [3.63, 3.8) is 0 Å². The standard InChI is InChI=1S/C21H24N4O3/c1-14-22-20(24-28-14)21(10-5-6-11-21)23-19(27)13-18-17-8-4-3-7-16(17)9-12-25(18)15(2)26/h3-4,7-9,12,18H,5-6,10-11,13H2,1-2H3,(H,23,27). The van der Waals surface area contributed by atoms with Crippen LogP contribution in [0.5, 0.6) is 0 Å². The number of fused-ring (bicyclic) bond motifs is 1. The van der Waals surface area contributed by atoms with Crippen molar-refractivity contribution >= 4 is 17.9 Å². The molecule has 2 amide bonds. The van der Waals surface area contributed by atoms with E-state index in [1.165, 1.54) is 6.92 Å². The molecule has 7 heteroatoms. The Labute approximate surface area is 163 Å². The number of hydrogen-bond donors (Lipinski definition) is 1. The van der Waals surface area contributed by atoms with E-state index in [0.29, 0.717) is 11.7 Å². The topological polar surface area (TPSA) is 88.3 Å². The van der Waals surface area contributed by atoms with Gasteiger partial charge < -0.3 is 14.7 Å². The van der Waals surface area contributed by atoms with Gasteiger partial charge in [0.25, 0.3) is 0 Å². The number of amides is 2. The van der Waals surface area contributed by atoms with Crippen LogP contribution in [0.25, 0.3) is 6.08 Å². The number of nitrogens with zero attached hydrogens (tertiary/aromatic N) is 3. The summed E-state index contributed by atoms with van der Waals surface area (Å²) in [5.74, 6) is 0.825. The zero-order valence-electron chi connectivity index (χ0n) is 16.1. The van der Waals surface area contributed by atoms with Crippen LogP contribution in [-0.2, 0) is 15.1 Å². The number of rotatable bonds is 4. The molecule has 0 bridgehead atoms. The Morgan fingerprint density at radius 1 is 1.29 bits per heavy atom. The van der Waals surface area contributed by atoms with E-state index >= 15 is 0 Å². The number of carbonyl (C=O) groups excluding carboxylic acids is 2. The molecule has 1 N–H and O–H groups in total. The van der Waals surface area contributed by atoms with Crippen molar-refractivity contribution in [3.05, 3.63) is 53.3 Å². The molecule has 0 saturated heterocycles. The van der Waals surface area contributed by atoms with Crippen LogP contribution >= 0.6 is 0 Å². The van der Waals surface area contributed by atoms with Gasteiger partial charge in [0.2, 0.25) is 17.7 Å². The molecule has 1 aromatic heterocycles. The first-order valence-corrected chi connectivity index (χ1v) is 9.66. The summed E-state index contributed by atoms with van der Waals surface area (Å²) in [6.45, 7) is 3.26. The van der Waals surface area contributed by atoms with Gasteiger partial charge in [-0.15, -0.1) is 0 Å². The fourth-order valence-corrected chi connectivity index (χ4v) is 4.28. The van der Waals surface area contributed by atoms with Crippen molar-refractivity contribution < 1.29 is 14.1 Å². The first-order valence-electron chi connectivity index (χ1n) is 9.66. The molecular weight excluding hydrogens is 356 g/mol. The van der Waals surface area contributed by atoms with Gasteiger partial charge in [-0.3, -0.25) is 9.59 Å². The van der Waals surface area contributed by atoms with E-state index in [9.17, 15) is 9.59 Å². The highest BCUT2D eigenvalue weighted by Gasteiger charge is 2.42. The summed E-state index contributed by atoms with van der Waals surface area (Å²) in [6, 6.07) is 7.52. The first-order chi connectivity index (χ1) is 13.5. The lowest BCUT2D eigenvalue weighted by atomic mass is 9.92. The van der Waals surface area contributed by atoms with Crippen molar-refractivity contribution in [2.45, 2.75) is 57.5 Å². The lowest BCUT2D eigenvalue weighted by Crippen LogP contribution is -2.46. The molecule has 1 unspecified atom stereocenters. The van der Waals surface area contributed by atoms with Crippen LogP contribution in [-0.4, -0.2) is 26.9 Å². The van der Waals surface area contributed by atoms with Gasteiger partial charge >= 0.3 is 0 Å². The minimum absolute atomic E-state index is 0.0899. The molecule has 2 heterocycles. The van der Waals surface area contributed by atoms with E-state index in [0.717, 1.165) is 36.8 Å². The van der Waals surface area contributed by atoms with Gasteiger partial charge in [0.15, 0.2) is 5.82 Å². The molecule has 1 aliphatic carbocycles. The molecule has 1 atom stereocenters. The molecule has 7 nitrogen and oxygen atoms in total. The minimum atomic E-state index is -0.583. The molecule has 0 radical (unpaired) electrons. The molecular formula is C21H24N4O3. The predicted molar refractivity (Wildman–Crippen MR) is 103 cm³/mol. The van der Waals surface area contributed by atoms with E-state index < -0.39 is 5.54 Å². The number of benzene rings is 1. The van der Waals surface area contributed by atoms with Gasteiger partial charge in [0, 0.05) is 20.0 Å². The number of aryl methyl sites for hydroxylation is 1. The maximum atomic E-state index is 13.1. The third-order valence-electron chi connectivity index (χ3n) is 5.64. The van der Waals surface area contributed by atoms with Crippen LogP contribution in [0.15, 0.2) is 35.0 Å². The summed E-state index contributed by atoms with van der Waals surface area (Å²) in [5, 5.41) is 7.25. The van der Waals surface area contributed by atoms with Gasteiger partial charge in [0.05, 0.1) is 12.5 Å². The van der Waals surface area contributed by atoms with Crippen LogP contribution in [0.3, 0.4) is 0 Å². The highest BCUT2D eigenvalue weighted by atomic mass is 16.5. The molecule has 1 aromatic carbocycles. The monoisotopic (exact) mass is 380 g/mol. The highest BCUT2D eigenvalue weighted by Crippen LogP contribution is 2.38. The SMILES string of the molecule is CC(=O)N1C=Cc2ccccc2C1CC(=O)NC1(c2noc(C)n2)CCCC1. The Kier molecular flexibility index (Phi) is 4.75. The third-order valence-corrected chi connectivity index (χ3v) is 5.64. The van der Waals surface area contributed by atoms with Crippen molar-refractivity contribution in [3.8, 4) is 0 Å². The zero-order chi connectivity index (χ0) is 19.7. The number of aromatic nitrogens is 2. The summed E-state index contributed by atoms with van der Waals surface area (Å²) < 4.78 is 5.15. The Balaban J connectivity index is 1.58. The minimum Gasteiger partial charge on any atom is -0.343 e. The van der Waals surface area contributed by atoms with Gasteiger partial charge in [-0.1, -0.05) is 42.3 Å². The Morgan fingerprint density at radius 2 is 2.04 bits per heavy atom. The van der Waals surface area contributed by atoms with Crippen LogP contribution in [0.4, 0.5) is 0 Å². The van der Waals surface area contributed by atoms with Gasteiger partial charge in [-0.2, -0.15) is 4.98 Å². The lowest BCUT2D eigenvalue weighted by Gasteiger charge is -2.34. The number of carbonyl (C=O) groups is 2. The predicted octanol–water partition coefficient (Wildman–Crippen LogP) is 3.23. The van der Waals surface area contributed by atoms with Gasteiger partial charge in [0.1, 0.15) is 5.54 Å². The van der Waals surface area contributed by atoms with Crippen LogP contribution in [0, 0.1) is 6.92 Å².